The zero-order valence-electron chi connectivity index (χ0n) is 10.2. The predicted molar refractivity (Wildman–Crippen MR) is 72.5 cm³/mol. The number of rotatable bonds is 5. The molecule has 1 rings (SSSR count). The fourth-order valence-electron chi connectivity index (χ4n) is 1.10. The lowest BCUT2D eigenvalue weighted by Gasteiger charge is -2.05. The average molecular weight is 303 g/mol. The van der Waals surface area contributed by atoms with E-state index < -0.39 is 11.9 Å². The van der Waals surface area contributed by atoms with Gasteiger partial charge in [0, 0.05) is 12.2 Å². The first-order valence-corrected chi connectivity index (χ1v) is 6.30. The van der Waals surface area contributed by atoms with Crippen LogP contribution >= 0.6 is 23.2 Å². The molecule has 6 heteroatoms. The zero-order valence-corrected chi connectivity index (χ0v) is 11.7. The van der Waals surface area contributed by atoms with Crippen LogP contribution in [0.1, 0.15) is 13.3 Å². The van der Waals surface area contributed by atoms with Gasteiger partial charge in [-0.25, -0.2) is 9.59 Å². The van der Waals surface area contributed by atoms with E-state index in [1.54, 1.807) is 6.07 Å². The number of ether oxygens (including phenoxy) is 2. The second-order valence-electron chi connectivity index (χ2n) is 3.47. The van der Waals surface area contributed by atoms with E-state index >= 15 is 0 Å². The van der Waals surface area contributed by atoms with Crippen molar-refractivity contribution in [3.63, 3.8) is 0 Å². The van der Waals surface area contributed by atoms with Crippen molar-refractivity contribution in [2.45, 2.75) is 13.3 Å². The Kier molecular flexibility index (Phi) is 6.39. The van der Waals surface area contributed by atoms with Crippen LogP contribution < -0.4 is 4.74 Å². The number of benzene rings is 1. The summed E-state index contributed by atoms with van der Waals surface area (Å²) in [6, 6.07) is 4.70. The van der Waals surface area contributed by atoms with Crippen LogP contribution in [0.4, 0.5) is 0 Å². The van der Waals surface area contributed by atoms with E-state index in [2.05, 4.69) is 0 Å². The summed E-state index contributed by atoms with van der Waals surface area (Å²) in [5.74, 6) is -1.31. The molecule has 0 aromatic heterocycles. The summed E-state index contributed by atoms with van der Waals surface area (Å²) >= 11 is 11.7. The predicted octanol–water partition coefficient (Wildman–Crippen LogP) is 3.41. The fraction of sp³-hybridized carbons (Fsp3) is 0.231. The summed E-state index contributed by atoms with van der Waals surface area (Å²) in [6.07, 6.45) is 2.65. The maximum atomic E-state index is 11.5. The third kappa shape index (κ3) is 5.32. The highest BCUT2D eigenvalue weighted by molar-refractivity contribution is 6.37. The van der Waals surface area contributed by atoms with Gasteiger partial charge in [0.05, 0.1) is 16.7 Å². The van der Waals surface area contributed by atoms with E-state index in [1.807, 2.05) is 6.92 Å². The lowest BCUT2D eigenvalue weighted by atomic mass is 10.3. The van der Waals surface area contributed by atoms with E-state index in [1.165, 1.54) is 12.1 Å². The van der Waals surface area contributed by atoms with Gasteiger partial charge in [-0.1, -0.05) is 36.2 Å². The molecule has 0 saturated heterocycles. The Morgan fingerprint density at radius 2 is 1.74 bits per heavy atom. The molecule has 0 unspecified atom stereocenters. The largest absolute Gasteiger partial charge is 0.463 e. The van der Waals surface area contributed by atoms with Gasteiger partial charge in [-0.3, -0.25) is 0 Å². The van der Waals surface area contributed by atoms with Crippen molar-refractivity contribution >= 4 is 35.1 Å². The zero-order chi connectivity index (χ0) is 14.3. The molecule has 0 saturated carbocycles. The smallest absolute Gasteiger partial charge is 0.336 e. The molecule has 1 aromatic rings. The van der Waals surface area contributed by atoms with Crippen LogP contribution in [0.2, 0.25) is 10.0 Å². The second-order valence-corrected chi connectivity index (χ2v) is 4.29. The topological polar surface area (TPSA) is 52.6 Å². The molecule has 0 amide bonds. The SMILES string of the molecule is CCCOC(=O)/C=C/C(=O)Oc1c(Cl)cccc1Cl. The molecule has 0 bridgehead atoms. The number of carbonyl (C=O) groups is 2. The van der Waals surface area contributed by atoms with Gasteiger partial charge >= 0.3 is 11.9 Å². The number of hydrogen-bond donors (Lipinski definition) is 0. The Morgan fingerprint density at radius 1 is 1.16 bits per heavy atom. The normalized spacial score (nSPS) is 10.5. The van der Waals surface area contributed by atoms with E-state index in [9.17, 15) is 9.59 Å². The van der Waals surface area contributed by atoms with Crippen molar-refractivity contribution in [1.29, 1.82) is 0 Å². The number of carbonyl (C=O) groups excluding carboxylic acids is 2. The molecule has 19 heavy (non-hydrogen) atoms. The molecule has 0 N–H and O–H groups in total. The summed E-state index contributed by atoms with van der Waals surface area (Å²) in [6.45, 7) is 2.17. The Morgan fingerprint density at radius 3 is 2.32 bits per heavy atom. The molecule has 4 nitrogen and oxygen atoms in total. The first-order valence-electron chi connectivity index (χ1n) is 5.55. The van der Waals surface area contributed by atoms with E-state index in [0.717, 1.165) is 12.2 Å². The molecule has 1 aromatic carbocycles. The molecule has 0 radical (unpaired) electrons. The summed E-state index contributed by atoms with van der Waals surface area (Å²) in [5, 5.41) is 0.422. The van der Waals surface area contributed by atoms with Crippen LogP contribution in [0.15, 0.2) is 30.4 Å². The van der Waals surface area contributed by atoms with Crippen molar-refractivity contribution in [2.24, 2.45) is 0 Å². The second kappa shape index (κ2) is 7.81. The average Bonchev–Trinajstić information content (AvgIpc) is 2.38. The minimum absolute atomic E-state index is 0.0578. The molecular formula is C13H12Cl2O4. The van der Waals surface area contributed by atoms with Crippen LogP contribution in [0.5, 0.6) is 5.75 Å². The van der Waals surface area contributed by atoms with Crippen LogP contribution in [0, 0.1) is 0 Å². The van der Waals surface area contributed by atoms with Gasteiger partial charge in [0.1, 0.15) is 0 Å². The van der Waals surface area contributed by atoms with Gasteiger partial charge in [0.25, 0.3) is 0 Å². The van der Waals surface area contributed by atoms with Crippen molar-refractivity contribution in [3.05, 3.63) is 40.4 Å². The first-order chi connectivity index (χ1) is 9.04. The van der Waals surface area contributed by atoms with Gasteiger partial charge < -0.3 is 9.47 Å². The molecule has 0 aliphatic rings. The number of hydrogen-bond acceptors (Lipinski definition) is 4. The standard InChI is InChI=1S/C13H12Cl2O4/c1-2-8-18-11(16)6-7-12(17)19-13-9(14)4-3-5-10(13)15/h3-7H,2,8H2,1H3/b7-6+. The summed E-state index contributed by atoms with van der Waals surface area (Å²) in [7, 11) is 0. The molecular weight excluding hydrogens is 291 g/mol. The van der Waals surface area contributed by atoms with Crippen molar-refractivity contribution in [1.82, 2.24) is 0 Å². The monoisotopic (exact) mass is 302 g/mol. The third-order valence-electron chi connectivity index (χ3n) is 1.93. The Bertz CT molecular complexity index is 477. The lowest BCUT2D eigenvalue weighted by molar-refractivity contribution is -0.138. The molecule has 0 aliphatic carbocycles. The summed E-state index contributed by atoms with van der Waals surface area (Å²) < 4.78 is 9.69. The summed E-state index contributed by atoms with van der Waals surface area (Å²) in [5.41, 5.74) is 0. The Labute approximate surface area is 120 Å². The van der Waals surface area contributed by atoms with Crippen molar-refractivity contribution in [3.8, 4) is 5.75 Å². The minimum atomic E-state index is -0.761. The fourth-order valence-corrected chi connectivity index (χ4v) is 1.58. The Hall–Kier alpha value is -1.52. The summed E-state index contributed by atoms with van der Waals surface area (Å²) in [4.78, 5) is 22.6. The van der Waals surface area contributed by atoms with E-state index in [0.29, 0.717) is 13.0 Å². The molecule has 102 valence electrons. The van der Waals surface area contributed by atoms with Gasteiger partial charge in [0.15, 0.2) is 5.75 Å². The van der Waals surface area contributed by atoms with Gasteiger partial charge in [-0.05, 0) is 18.6 Å². The highest BCUT2D eigenvalue weighted by Gasteiger charge is 2.10. The lowest BCUT2D eigenvalue weighted by Crippen LogP contribution is -2.07. The van der Waals surface area contributed by atoms with E-state index in [-0.39, 0.29) is 15.8 Å². The van der Waals surface area contributed by atoms with Crippen molar-refractivity contribution < 1.29 is 19.1 Å². The van der Waals surface area contributed by atoms with Crippen LogP contribution in [0.3, 0.4) is 0 Å². The van der Waals surface area contributed by atoms with Gasteiger partial charge in [-0.15, -0.1) is 0 Å². The number of halogens is 2. The van der Waals surface area contributed by atoms with Crippen LogP contribution in [-0.2, 0) is 14.3 Å². The first kappa shape index (κ1) is 15.5. The maximum absolute atomic E-state index is 11.5. The highest BCUT2D eigenvalue weighted by Crippen LogP contribution is 2.32. The van der Waals surface area contributed by atoms with Crippen LogP contribution in [0.25, 0.3) is 0 Å². The maximum Gasteiger partial charge on any atom is 0.336 e. The Balaban J connectivity index is 2.61. The van der Waals surface area contributed by atoms with E-state index in [4.69, 9.17) is 32.7 Å². The molecule has 0 spiro atoms. The van der Waals surface area contributed by atoms with Gasteiger partial charge in [0.2, 0.25) is 0 Å². The quantitative estimate of drug-likeness (QED) is 0.475. The minimum Gasteiger partial charge on any atom is -0.463 e. The number of esters is 2. The van der Waals surface area contributed by atoms with Crippen LogP contribution in [-0.4, -0.2) is 18.5 Å². The third-order valence-corrected chi connectivity index (χ3v) is 2.52. The number of para-hydroxylation sites is 1. The van der Waals surface area contributed by atoms with Crippen molar-refractivity contribution in [2.75, 3.05) is 6.61 Å². The molecule has 0 fully saturated rings. The molecule has 0 heterocycles. The van der Waals surface area contributed by atoms with Gasteiger partial charge in [-0.2, -0.15) is 0 Å². The highest BCUT2D eigenvalue weighted by atomic mass is 35.5. The molecule has 0 aliphatic heterocycles. The molecule has 0 atom stereocenters.